The van der Waals surface area contributed by atoms with Crippen molar-refractivity contribution < 1.29 is 4.79 Å². The Kier molecular flexibility index (Phi) is 3.04. The Labute approximate surface area is 119 Å². The van der Waals surface area contributed by atoms with Gasteiger partial charge in [0.2, 0.25) is 0 Å². The summed E-state index contributed by atoms with van der Waals surface area (Å²) in [7, 11) is 0. The molecule has 1 heterocycles. The first-order valence-corrected chi connectivity index (χ1v) is 6.32. The van der Waals surface area contributed by atoms with Crippen molar-refractivity contribution in [2.75, 3.05) is 11.1 Å². The number of H-pyrrole nitrogens is 1. The van der Waals surface area contributed by atoms with E-state index in [1.807, 2.05) is 12.1 Å². The molecule has 0 aliphatic heterocycles. The van der Waals surface area contributed by atoms with Gasteiger partial charge in [-0.05, 0) is 24.3 Å². The van der Waals surface area contributed by atoms with E-state index in [0.29, 0.717) is 16.4 Å². The third-order valence-corrected chi connectivity index (χ3v) is 3.32. The first-order chi connectivity index (χ1) is 9.66. The summed E-state index contributed by atoms with van der Waals surface area (Å²) in [5.74, 6) is -0.346. The normalized spacial score (nSPS) is 10.7. The first-order valence-electron chi connectivity index (χ1n) is 5.94. The molecule has 0 unspecified atom stereocenters. The molecular formula is C14H11ClN4O. The van der Waals surface area contributed by atoms with Gasteiger partial charge in [0.05, 0.1) is 28.0 Å². The molecule has 20 heavy (non-hydrogen) atoms. The van der Waals surface area contributed by atoms with E-state index in [1.165, 1.54) is 0 Å². The van der Waals surface area contributed by atoms with Gasteiger partial charge in [-0.25, -0.2) is 0 Å². The van der Waals surface area contributed by atoms with Crippen LogP contribution in [0.1, 0.15) is 10.4 Å². The van der Waals surface area contributed by atoms with E-state index >= 15 is 0 Å². The number of hydrogen-bond acceptors (Lipinski definition) is 3. The van der Waals surface area contributed by atoms with Crippen LogP contribution in [0.15, 0.2) is 42.6 Å². The van der Waals surface area contributed by atoms with Crippen molar-refractivity contribution in [3.8, 4) is 0 Å². The number of benzene rings is 2. The maximum atomic E-state index is 12.3. The summed E-state index contributed by atoms with van der Waals surface area (Å²) >= 11 is 6.03. The molecule has 5 nitrogen and oxygen atoms in total. The van der Waals surface area contributed by atoms with Gasteiger partial charge in [-0.2, -0.15) is 5.10 Å². The number of aromatic nitrogens is 2. The molecule has 1 aromatic heterocycles. The highest BCUT2D eigenvalue weighted by Crippen LogP contribution is 2.25. The van der Waals surface area contributed by atoms with Gasteiger partial charge in [-0.3, -0.25) is 9.89 Å². The van der Waals surface area contributed by atoms with E-state index in [0.717, 1.165) is 10.9 Å². The number of carbonyl (C=O) groups is 1. The molecule has 4 N–H and O–H groups in total. The number of fused-ring (bicyclic) bond motifs is 1. The van der Waals surface area contributed by atoms with Crippen LogP contribution >= 0.6 is 11.6 Å². The molecule has 3 aromatic rings. The number of amides is 1. The molecule has 0 spiro atoms. The molecule has 2 aromatic carbocycles. The summed E-state index contributed by atoms with van der Waals surface area (Å²) in [5.41, 5.74) is 7.92. The zero-order valence-electron chi connectivity index (χ0n) is 10.4. The van der Waals surface area contributed by atoms with Crippen LogP contribution < -0.4 is 11.1 Å². The molecule has 1 amide bonds. The second kappa shape index (κ2) is 4.86. The van der Waals surface area contributed by atoms with Crippen molar-refractivity contribution in [2.24, 2.45) is 0 Å². The second-order valence-electron chi connectivity index (χ2n) is 4.29. The minimum Gasteiger partial charge on any atom is -0.398 e. The van der Waals surface area contributed by atoms with Gasteiger partial charge in [0.15, 0.2) is 0 Å². The van der Waals surface area contributed by atoms with E-state index in [-0.39, 0.29) is 11.5 Å². The van der Waals surface area contributed by atoms with Crippen LogP contribution in [-0.2, 0) is 0 Å². The number of nitrogens with one attached hydrogen (secondary N) is 2. The van der Waals surface area contributed by atoms with Crippen LogP contribution in [0.5, 0.6) is 0 Å². The Morgan fingerprint density at radius 3 is 2.85 bits per heavy atom. The van der Waals surface area contributed by atoms with Gasteiger partial charge in [0.1, 0.15) is 0 Å². The average molecular weight is 287 g/mol. The molecule has 0 radical (unpaired) electrons. The lowest BCUT2D eigenvalue weighted by molar-refractivity contribution is 0.102. The number of aromatic amines is 1. The van der Waals surface area contributed by atoms with Gasteiger partial charge < -0.3 is 11.1 Å². The lowest BCUT2D eigenvalue weighted by atomic mass is 10.1. The highest BCUT2D eigenvalue weighted by atomic mass is 35.5. The molecule has 0 fully saturated rings. The van der Waals surface area contributed by atoms with Crippen molar-refractivity contribution in [1.82, 2.24) is 10.2 Å². The number of nitrogen functional groups attached to an aromatic ring is 1. The summed E-state index contributed by atoms with van der Waals surface area (Å²) in [6.45, 7) is 0. The first kappa shape index (κ1) is 12.5. The summed E-state index contributed by atoms with van der Waals surface area (Å²) in [5, 5.41) is 10.7. The molecule has 0 saturated carbocycles. The largest absolute Gasteiger partial charge is 0.398 e. The summed E-state index contributed by atoms with van der Waals surface area (Å²) in [4.78, 5) is 12.3. The van der Waals surface area contributed by atoms with Crippen LogP contribution in [0.4, 0.5) is 11.4 Å². The molecule has 6 heteroatoms. The molecule has 100 valence electrons. The highest BCUT2D eigenvalue weighted by molar-refractivity contribution is 6.35. The Balaban J connectivity index is 1.99. The molecule has 0 aliphatic rings. The zero-order chi connectivity index (χ0) is 14.1. The fourth-order valence-corrected chi connectivity index (χ4v) is 2.31. The highest BCUT2D eigenvalue weighted by Gasteiger charge is 2.15. The molecule has 3 rings (SSSR count). The van der Waals surface area contributed by atoms with E-state index in [4.69, 9.17) is 17.3 Å². The monoisotopic (exact) mass is 286 g/mol. The van der Waals surface area contributed by atoms with Crippen molar-refractivity contribution >= 4 is 39.8 Å². The number of anilines is 2. The van der Waals surface area contributed by atoms with E-state index < -0.39 is 0 Å². The number of nitrogens with zero attached hydrogens (tertiary/aromatic N) is 1. The lowest BCUT2D eigenvalue weighted by Crippen LogP contribution is -2.14. The summed E-state index contributed by atoms with van der Waals surface area (Å²) < 4.78 is 0. The van der Waals surface area contributed by atoms with E-state index in [1.54, 1.807) is 30.5 Å². The van der Waals surface area contributed by atoms with E-state index in [9.17, 15) is 4.79 Å². The van der Waals surface area contributed by atoms with E-state index in [2.05, 4.69) is 15.5 Å². The summed E-state index contributed by atoms with van der Waals surface area (Å²) in [6, 6.07) is 10.5. The maximum absolute atomic E-state index is 12.3. The van der Waals surface area contributed by atoms with Crippen LogP contribution in [0.25, 0.3) is 10.9 Å². The third kappa shape index (κ3) is 2.08. The standard InChI is InChI=1S/C14H11ClN4O/c15-9-3-1-4-10(16)13(9)14(20)18-11-5-2-6-12-8(11)7-17-19-12/h1-7H,16H2,(H,17,19)(H,18,20). The van der Waals surface area contributed by atoms with Crippen molar-refractivity contribution in [3.63, 3.8) is 0 Å². The Morgan fingerprint density at radius 2 is 2.05 bits per heavy atom. The molecule has 0 saturated heterocycles. The second-order valence-corrected chi connectivity index (χ2v) is 4.70. The quantitative estimate of drug-likeness (QED) is 0.633. The fourth-order valence-electron chi connectivity index (χ4n) is 2.04. The lowest BCUT2D eigenvalue weighted by Gasteiger charge is -2.09. The minimum absolute atomic E-state index is 0.273. The minimum atomic E-state index is -0.346. The molecule has 0 aliphatic carbocycles. The van der Waals surface area contributed by atoms with Crippen LogP contribution in [-0.4, -0.2) is 16.1 Å². The van der Waals surface area contributed by atoms with Crippen molar-refractivity contribution in [2.45, 2.75) is 0 Å². The van der Waals surface area contributed by atoms with Gasteiger partial charge in [-0.15, -0.1) is 0 Å². The molecular weight excluding hydrogens is 276 g/mol. The Hall–Kier alpha value is -2.53. The smallest absolute Gasteiger partial charge is 0.259 e. The Morgan fingerprint density at radius 1 is 1.25 bits per heavy atom. The average Bonchev–Trinajstić information content (AvgIpc) is 2.88. The van der Waals surface area contributed by atoms with Crippen LogP contribution in [0.3, 0.4) is 0 Å². The zero-order valence-corrected chi connectivity index (χ0v) is 11.1. The van der Waals surface area contributed by atoms with Gasteiger partial charge in [0.25, 0.3) is 5.91 Å². The number of rotatable bonds is 2. The van der Waals surface area contributed by atoms with Gasteiger partial charge in [-0.1, -0.05) is 23.7 Å². The maximum Gasteiger partial charge on any atom is 0.259 e. The Bertz CT molecular complexity index is 776. The number of hydrogen-bond donors (Lipinski definition) is 3. The fraction of sp³-hybridized carbons (Fsp3) is 0. The van der Waals surface area contributed by atoms with Crippen molar-refractivity contribution in [3.05, 3.63) is 53.2 Å². The third-order valence-electron chi connectivity index (χ3n) is 3.01. The predicted octanol–water partition coefficient (Wildman–Crippen LogP) is 3.05. The molecule has 0 atom stereocenters. The topological polar surface area (TPSA) is 83.8 Å². The number of carbonyl (C=O) groups excluding carboxylic acids is 1. The number of halogens is 1. The van der Waals surface area contributed by atoms with Crippen LogP contribution in [0.2, 0.25) is 5.02 Å². The van der Waals surface area contributed by atoms with Gasteiger partial charge >= 0.3 is 0 Å². The van der Waals surface area contributed by atoms with Gasteiger partial charge in [0, 0.05) is 11.1 Å². The SMILES string of the molecule is Nc1cccc(Cl)c1C(=O)Nc1cccc2[nH]ncc12. The van der Waals surface area contributed by atoms with Crippen molar-refractivity contribution in [1.29, 1.82) is 0 Å². The summed E-state index contributed by atoms with van der Waals surface area (Å²) in [6.07, 6.45) is 1.65. The molecule has 0 bridgehead atoms. The number of nitrogens with two attached hydrogens (primary N) is 1. The van der Waals surface area contributed by atoms with Crippen LogP contribution in [0, 0.1) is 0 Å². The predicted molar refractivity (Wildman–Crippen MR) is 79.9 cm³/mol.